The fraction of sp³-hybridized carbons (Fsp3) is 0.250. The Kier molecular flexibility index (Phi) is 3.22. The highest BCUT2D eigenvalue weighted by Crippen LogP contribution is 2.11. The normalized spacial score (nSPS) is 9.62. The zero-order valence-electron chi connectivity index (χ0n) is 6.92. The minimum Gasteiger partial charge on any atom is -0.465 e. The highest BCUT2D eigenvalue weighted by molar-refractivity contribution is 5.85. The summed E-state index contributed by atoms with van der Waals surface area (Å²) >= 11 is 0. The van der Waals surface area contributed by atoms with Crippen LogP contribution in [0.4, 0.5) is 10.5 Å². The first-order chi connectivity index (χ1) is 6.25. The lowest BCUT2D eigenvalue weighted by Crippen LogP contribution is -2.31. The van der Waals surface area contributed by atoms with Crippen molar-refractivity contribution in [2.45, 2.75) is 0 Å². The van der Waals surface area contributed by atoms with Crippen LogP contribution in [0.1, 0.15) is 0 Å². The van der Waals surface area contributed by atoms with Gasteiger partial charge in [-0.25, -0.2) is 4.79 Å². The number of amides is 1. The highest BCUT2D eigenvalue weighted by atomic mass is 16.4. The number of carbonyl (C=O) groups is 1. The van der Waals surface area contributed by atoms with Crippen LogP contribution in [0, 0.1) is 0 Å². The molecule has 0 unspecified atom stereocenters. The van der Waals surface area contributed by atoms with Gasteiger partial charge in [0.2, 0.25) is 0 Å². The summed E-state index contributed by atoms with van der Waals surface area (Å²) in [5.41, 5.74) is 0.511. The Morgan fingerprint density at radius 3 is 2.54 bits per heavy atom. The molecule has 0 saturated heterocycles. The molecule has 2 N–H and O–H groups in total. The van der Waals surface area contributed by atoms with E-state index in [-0.39, 0.29) is 13.2 Å². The summed E-state index contributed by atoms with van der Waals surface area (Å²) in [5.74, 6) is 0. The zero-order chi connectivity index (χ0) is 9.68. The van der Waals surface area contributed by atoms with Gasteiger partial charge in [-0.3, -0.25) is 9.88 Å². The molecule has 0 bridgehead atoms. The van der Waals surface area contributed by atoms with E-state index in [0.717, 1.165) is 4.90 Å². The predicted molar refractivity (Wildman–Crippen MR) is 46.7 cm³/mol. The largest absolute Gasteiger partial charge is 0.465 e. The van der Waals surface area contributed by atoms with Gasteiger partial charge in [-0.2, -0.15) is 0 Å². The van der Waals surface area contributed by atoms with Crippen LogP contribution in [0.3, 0.4) is 0 Å². The Morgan fingerprint density at radius 1 is 1.46 bits per heavy atom. The third-order valence-electron chi connectivity index (χ3n) is 1.53. The summed E-state index contributed by atoms with van der Waals surface area (Å²) in [7, 11) is 0. The van der Waals surface area contributed by atoms with Crippen molar-refractivity contribution in [3.8, 4) is 0 Å². The van der Waals surface area contributed by atoms with E-state index in [1.165, 1.54) is 12.4 Å². The van der Waals surface area contributed by atoms with Crippen LogP contribution in [-0.4, -0.2) is 34.4 Å². The van der Waals surface area contributed by atoms with E-state index < -0.39 is 6.09 Å². The van der Waals surface area contributed by atoms with Crippen LogP contribution in [0.15, 0.2) is 24.5 Å². The van der Waals surface area contributed by atoms with E-state index in [1.807, 2.05) is 0 Å². The summed E-state index contributed by atoms with van der Waals surface area (Å²) in [5, 5.41) is 17.4. The summed E-state index contributed by atoms with van der Waals surface area (Å²) in [6.07, 6.45) is 1.92. The first kappa shape index (κ1) is 9.47. The number of aromatic nitrogens is 1. The lowest BCUT2D eigenvalue weighted by atomic mass is 10.3. The van der Waals surface area contributed by atoms with E-state index in [0.29, 0.717) is 5.69 Å². The van der Waals surface area contributed by atoms with Crippen molar-refractivity contribution in [2.75, 3.05) is 18.1 Å². The SMILES string of the molecule is O=C(O)N(CCO)c1ccncc1. The van der Waals surface area contributed by atoms with Gasteiger partial charge in [0.15, 0.2) is 0 Å². The van der Waals surface area contributed by atoms with Crippen LogP contribution < -0.4 is 4.90 Å². The van der Waals surface area contributed by atoms with Gasteiger partial charge in [0.1, 0.15) is 0 Å². The van der Waals surface area contributed by atoms with Crippen LogP contribution in [0.2, 0.25) is 0 Å². The molecule has 0 spiro atoms. The molecule has 5 heteroatoms. The molecule has 0 aromatic carbocycles. The van der Waals surface area contributed by atoms with Gasteiger partial charge in [0, 0.05) is 12.4 Å². The average molecular weight is 182 g/mol. The summed E-state index contributed by atoms with van der Waals surface area (Å²) < 4.78 is 0. The molecule has 13 heavy (non-hydrogen) atoms. The van der Waals surface area contributed by atoms with E-state index in [4.69, 9.17) is 10.2 Å². The van der Waals surface area contributed by atoms with Gasteiger partial charge in [0.05, 0.1) is 18.8 Å². The lowest BCUT2D eigenvalue weighted by molar-refractivity contribution is 0.198. The quantitative estimate of drug-likeness (QED) is 0.716. The molecule has 0 saturated carbocycles. The molecule has 1 rings (SSSR count). The van der Waals surface area contributed by atoms with Crippen molar-refractivity contribution in [3.05, 3.63) is 24.5 Å². The molecule has 70 valence electrons. The molecule has 1 aromatic rings. The van der Waals surface area contributed by atoms with Crippen LogP contribution in [-0.2, 0) is 0 Å². The molecular formula is C8H10N2O3. The average Bonchev–Trinajstić information content (AvgIpc) is 2.15. The fourth-order valence-corrected chi connectivity index (χ4v) is 0.959. The maximum atomic E-state index is 10.7. The van der Waals surface area contributed by atoms with Gasteiger partial charge in [-0.05, 0) is 12.1 Å². The van der Waals surface area contributed by atoms with Gasteiger partial charge < -0.3 is 10.2 Å². The standard InChI is InChI=1S/C8H10N2O3/c11-6-5-10(8(12)13)7-1-3-9-4-2-7/h1-4,11H,5-6H2,(H,12,13). The number of rotatable bonds is 3. The van der Waals surface area contributed by atoms with Crippen LogP contribution >= 0.6 is 0 Å². The van der Waals surface area contributed by atoms with E-state index in [1.54, 1.807) is 12.1 Å². The van der Waals surface area contributed by atoms with E-state index in [2.05, 4.69) is 4.98 Å². The van der Waals surface area contributed by atoms with Gasteiger partial charge >= 0.3 is 6.09 Å². The zero-order valence-corrected chi connectivity index (χ0v) is 6.92. The minimum absolute atomic E-state index is 0.0688. The van der Waals surface area contributed by atoms with Crippen molar-refractivity contribution < 1.29 is 15.0 Å². The summed E-state index contributed by atoms with van der Waals surface area (Å²) in [6.45, 7) is -0.131. The van der Waals surface area contributed by atoms with Crippen molar-refractivity contribution >= 4 is 11.8 Å². The topological polar surface area (TPSA) is 73.7 Å². The van der Waals surface area contributed by atoms with Crippen molar-refractivity contribution in [1.29, 1.82) is 0 Å². The molecule has 0 aliphatic rings. The van der Waals surface area contributed by atoms with E-state index in [9.17, 15) is 4.79 Å². The molecule has 5 nitrogen and oxygen atoms in total. The Hall–Kier alpha value is -1.62. The molecule has 0 fully saturated rings. The molecular weight excluding hydrogens is 172 g/mol. The molecule has 0 aliphatic carbocycles. The molecule has 1 amide bonds. The second-order valence-corrected chi connectivity index (χ2v) is 2.36. The molecule has 0 atom stereocenters. The lowest BCUT2D eigenvalue weighted by Gasteiger charge is -2.17. The third-order valence-corrected chi connectivity index (χ3v) is 1.53. The highest BCUT2D eigenvalue weighted by Gasteiger charge is 2.12. The number of hydrogen-bond acceptors (Lipinski definition) is 3. The number of pyridine rings is 1. The van der Waals surface area contributed by atoms with Gasteiger partial charge in [-0.15, -0.1) is 0 Å². The first-order valence-electron chi connectivity index (χ1n) is 3.77. The predicted octanol–water partition coefficient (Wildman–Crippen LogP) is 0.558. The van der Waals surface area contributed by atoms with Crippen molar-refractivity contribution in [1.82, 2.24) is 4.98 Å². The van der Waals surface area contributed by atoms with Crippen LogP contribution in [0.5, 0.6) is 0 Å². The number of carboxylic acid groups (broad SMARTS) is 1. The second kappa shape index (κ2) is 4.42. The Morgan fingerprint density at radius 2 is 2.08 bits per heavy atom. The number of hydrogen-bond donors (Lipinski definition) is 2. The monoisotopic (exact) mass is 182 g/mol. The maximum Gasteiger partial charge on any atom is 0.411 e. The van der Waals surface area contributed by atoms with Gasteiger partial charge in [0.25, 0.3) is 0 Å². The van der Waals surface area contributed by atoms with Crippen molar-refractivity contribution in [3.63, 3.8) is 0 Å². The van der Waals surface area contributed by atoms with Gasteiger partial charge in [-0.1, -0.05) is 0 Å². The van der Waals surface area contributed by atoms with Crippen LogP contribution in [0.25, 0.3) is 0 Å². The second-order valence-electron chi connectivity index (χ2n) is 2.36. The minimum atomic E-state index is -1.08. The summed E-state index contributed by atoms with van der Waals surface area (Å²) in [4.78, 5) is 15.5. The van der Waals surface area contributed by atoms with E-state index >= 15 is 0 Å². The Labute approximate surface area is 75.3 Å². The third kappa shape index (κ3) is 2.41. The maximum absolute atomic E-state index is 10.7. The molecule has 1 aromatic heterocycles. The number of anilines is 1. The number of aliphatic hydroxyl groups is 1. The van der Waals surface area contributed by atoms with Crippen molar-refractivity contribution in [2.24, 2.45) is 0 Å². The Bertz CT molecular complexity index is 276. The Balaban J connectivity index is 2.82. The summed E-state index contributed by atoms with van der Waals surface area (Å²) in [6, 6.07) is 3.15. The molecule has 0 aliphatic heterocycles. The number of nitrogens with zero attached hydrogens (tertiary/aromatic N) is 2. The molecule has 1 heterocycles. The fourth-order valence-electron chi connectivity index (χ4n) is 0.959. The number of aliphatic hydroxyl groups excluding tert-OH is 1. The smallest absolute Gasteiger partial charge is 0.411 e. The molecule has 0 radical (unpaired) electrons. The first-order valence-corrected chi connectivity index (χ1v) is 3.77.